The Morgan fingerprint density at radius 3 is 0.914 bits per heavy atom. The van der Waals surface area contributed by atoms with Crippen LogP contribution in [0.15, 0.2) is 303 Å². The second-order valence-corrected chi connectivity index (χ2v) is 22.6. The van der Waals surface area contributed by atoms with Crippen LogP contribution in [0.25, 0.3) is 75.0 Å². The van der Waals surface area contributed by atoms with Crippen LogP contribution in [0.3, 0.4) is 0 Å². The van der Waals surface area contributed by atoms with Crippen molar-refractivity contribution in [2.75, 3.05) is 9.80 Å². The number of thiazole rings is 2. The average Bonchev–Trinajstić information content (AvgIpc) is 2.45. The van der Waals surface area contributed by atoms with Crippen LogP contribution in [0.5, 0.6) is 0 Å². The van der Waals surface area contributed by atoms with Crippen molar-refractivity contribution >= 4 is 77.2 Å². The van der Waals surface area contributed by atoms with E-state index >= 15 is 0 Å². The van der Waals surface area contributed by atoms with E-state index in [2.05, 4.69) is 313 Å². The molecule has 1 aliphatic carbocycles. The molecule has 382 valence electrons. The Hall–Kier alpha value is -9.98. The lowest BCUT2D eigenvalue weighted by atomic mass is 9.67. The normalized spacial score (nSPS) is 12.3. The molecule has 12 aromatic carbocycles. The Balaban J connectivity index is 0.903. The van der Waals surface area contributed by atoms with E-state index in [0.29, 0.717) is 0 Å². The molecular formula is C75H50N4S2. The highest BCUT2D eigenvalue weighted by molar-refractivity contribution is 7.22. The molecule has 0 unspecified atom stereocenters. The Morgan fingerprint density at radius 1 is 0.259 bits per heavy atom. The molecule has 15 rings (SSSR count). The highest BCUT2D eigenvalue weighted by Gasteiger charge is 2.47. The number of rotatable bonds is 12. The summed E-state index contributed by atoms with van der Waals surface area (Å²) in [7, 11) is 0. The van der Waals surface area contributed by atoms with E-state index in [1.54, 1.807) is 22.7 Å². The molecule has 14 aromatic rings. The first-order chi connectivity index (χ1) is 40.1. The number of anilines is 6. The SMILES string of the molecule is c1ccc(-c2ccc(N(c3ccc(-c4nc5ccccc5s4)cc3)c3ccc4c(c3)C(c3ccccc3)(c3ccccc3)c3cc(N(c5ccc(-c6ccccc6)cc5)c5ccc(-c6nc7ccccc7s6)cc5)ccc3-4)cc2)cc1. The first-order valence-corrected chi connectivity index (χ1v) is 29.0. The summed E-state index contributed by atoms with van der Waals surface area (Å²) >= 11 is 3.46. The van der Waals surface area contributed by atoms with Crippen LogP contribution >= 0.6 is 22.7 Å². The fourth-order valence-electron chi connectivity index (χ4n) is 12.0. The average molecular weight is 1070 g/mol. The van der Waals surface area contributed by atoms with Crippen molar-refractivity contribution in [3.05, 3.63) is 326 Å². The topological polar surface area (TPSA) is 32.3 Å². The fraction of sp³-hybridized carbons (Fsp3) is 0.0133. The maximum Gasteiger partial charge on any atom is 0.124 e. The minimum Gasteiger partial charge on any atom is -0.310 e. The van der Waals surface area contributed by atoms with Crippen LogP contribution in [0, 0.1) is 0 Å². The van der Waals surface area contributed by atoms with Gasteiger partial charge in [-0.25, -0.2) is 9.97 Å². The lowest BCUT2D eigenvalue weighted by Gasteiger charge is -2.35. The van der Waals surface area contributed by atoms with E-state index in [4.69, 9.17) is 9.97 Å². The smallest absolute Gasteiger partial charge is 0.124 e. The van der Waals surface area contributed by atoms with E-state index in [1.165, 1.54) is 65.0 Å². The molecule has 1 aliphatic rings. The van der Waals surface area contributed by atoms with Crippen molar-refractivity contribution in [3.8, 4) is 54.5 Å². The van der Waals surface area contributed by atoms with Gasteiger partial charge in [0, 0.05) is 45.3 Å². The molecule has 0 aliphatic heterocycles. The summed E-state index contributed by atoms with van der Waals surface area (Å²) in [4.78, 5) is 14.9. The second-order valence-electron chi connectivity index (χ2n) is 20.5. The van der Waals surface area contributed by atoms with E-state index in [1.807, 2.05) is 0 Å². The molecule has 0 fully saturated rings. The summed E-state index contributed by atoms with van der Waals surface area (Å²) in [5.41, 5.74) is 21.8. The van der Waals surface area contributed by atoms with Crippen LogP contribution in [-0.2, 0) is 5.41 Å². The molecule has 6 heteroatoms. The van der Waals surface area contributed by atoms with Gasteiger partial charge in [-0.3, -0.25) is 0 Å². The van der Waals surface area contributed by atoms with Crippen LogP contribution < -0.4 is 9.80 Å². The van der Waals surface area contributed by atoms with Crippen molar-refractivity contribution in [1.29, 1.82) is 0 Å². The quantitative estimate of drug-likeness (QED) is 0.122. The summed E-state index contributed by atoms with van der Waals surface area (Å²) in [6.07, 6.45) is 0. The maximum atomic E-state index is 5.03. The molecule has 4 nitrogen and oxygen atoms in total. The third kappa shape index (κ3) is 8.61. The predicted octanol–water partition coefficient (Wildman–Crippen LogP) is 20.9. The second kappa shape index (κ2) is 20.4. The summed E-state index contributed by atoms with van der Waals surface area (Å²) < 4.78 is 2.37. The molecular weight excluding hydrogens is 1020 g/mol. The van der Waals surface area contributed by atoms with E-state index < -0.39 is 5.41 Å². The van der Waals surface area contributed by atoms with Gasteiger partial charge in [-0.15, -0.1) is 22.7 Å². The first-order valence-electron chi connectivity index (χ1n) is 27.4. The zero-order chi connectivity index (χ0) is 53.7. The third-order valence-electron chi connectivity index (χ3n) is 15.8. The molecule has 0 N–H and O–H groups in total. The van der Waals surface area contributed by atoms with E-state index in [9.17, 15) is 0 Å². The minimum atomic E-state index is -0.710. The lowest BCUT2D eigenvalue weighted by molar-refractivity contribution is 0.768. The van der Waals surface area contributed by atoms with Gasteiger partial charge in [0.15, 0.2) is 0 Å². The highest BCUT2D eigenvalue weighted by atomic mass is 32.1. The van der Waals surface area contributed by atoms with Crippen LogP contribution in [0.4, 0.5) is 34.1 Å². The zero-order valence-electron chi connectivity index (χ0n) is 44.0. The molecule has 0 bridgehead atoms. The molecule has 0 spiro atoms. The van der Waals surface area contributed by atoms with Crippen LogP contribution in [0.2, 0.25) is 0 Å². The maximum absolute atomic E-state index is 5.03. The Labute approximate surface area is 479 Å². The lowest BCUT2D eigenvalue weighted by Crippen LogP contribution is -2.29. The van der Waals surface area contributed by atoms with Crippen molar-refractivity contribution in [1.82, 2.24) is 9.97 Å². The molecule has 0 amide bonds. The Morgan fingerprint density at radius 2 is 0.556 bits per heavy atom. The predicted molar refractivity (Wildman–Crippen MR) is 341 cm³/mol. The van der Waals surface area contributed by atoms with Crippen molar-refractivity contribution in [2.45, 2.75) is 5.41 Å². The number of para-hydroxylation sites is 2. The monoisotopic (exact) mass is 1070 g/mol. The van der Waals surface area contributed by atoms with Crippen molar-refractivity contribution < 1.29 is 0 Å². The number of aromatic nitrogens is 2. The standard InChI is InChI=1S/C75H50N4S2/c1-5-17-51(18-6-1)53-29-37-59(38-30-53)78(61-41-33-55(34-42-61)73-76-69-25-13-15-27-71(69)80-73)63-45-47-65-66-48-46-64(50-68(66)75(67(65)49-63,57-21-9-3-10-22-57)58-23-11-4-12-24-58)79(60-39-31-54(32-40-60)52-19-7-2-8-20-52)62-43-35-56(36-44-62)74-77-70-26-14-16-28-72(70)81-74/h1-50H. The summed E-state index contributed by atoms with van der Waals surface area (Å²) in [5.74, 6) is 0. The first kappa shape index (κ1) is 48.2. The van der Waals surface area contributed by atoms with Gasteiger partial charge < -0.3 is 9.80 Å². The van der Waals surface area contributed by atoms with Gasteiger partial charge in [-0.05, 0) is 177 Å². The molecule has 0 atom stereocenters. The molecule has 0 saturated carbocycles. The number of fused-ring (bicyclic) bond motifs is 5. The Bertz CT molecular complexity index is 4180. The molecule has 2 heterocycles. The van der Waals surface area contributed by atoms with Gasteiger partial charge in [-0.1, -0.05) is 182 Å². The van der Waals surface area contributed by atoms with Crippen LogP contribution in [-0.4, -0.2) is 9.97 Å². The van der Waals surface area contributed by atoms with Gasteiger partial charge >= 0.3 is 0 Å². The Kier molecular flexibility index (Phi) is 12.1. The fourth-order valence-corrected chi connectivity index (χ4v) is 13.9. The molecule has 2 aromatic heterocycles. The van der Waals surface area contributed by atoms with Crippen molar-refractivity contribution in [2.24, 2.45) is 0 Å². The van der Waals surface area contributed by atoms with Crippen LogP contribution in [0.1, 0.15) is 22.3 Å². The number of benzene rings is 12. The highest BCUT2D eigenvalue weighted by Crippen LogP contribution is 2.58. The van der Waals surface area contributed by atoms with Crippen molar-refractivity contribution in [3.63, 3.8) is 0 Å². The molecule has 81 heavy (non-hydrogen) atoms. The third-order valence-corrected chi connectivity index (χ3v) is 18.0. The van der Waals surface area contributed by atoms with E-state index in [0.717, 1.165) is 66.3 Å². The van der Waals surface area contributed by atoms with Gasteiger partial charge in [-0.2, -0.15) is 0 Å². The largest absolute Gasteiger partial charge is 0.310 e. The summed E-state index contributed by atoms with van der Waals surface area (Å²) in [5, 5.41) is 2.02. The molecule has 0 radical (unpaired) electrons. The zero-order valence-corrected chi connectivity index (χ0v) is 45.6. The van der Waals surface area contributed by atoms with E-state index in [-0.39, 0.29) is 0 Å². The van der Waals surface area contributed by atoms with Gasteiger partial charge in [0.1, 0.15) is 10.0 Å². The summed E-state index contributed by atoms with van der Waals surface area (Å²) in [6.45, 7) is 0. The number of hydrogen-bond acceptors (Lipinski definition) is 6. The van der Waals surface area contributed by atoms with Gasteiger partial charge in [0.25, 0.3) is 0 Å². The minimum absolute atomic E-state index is 0.710. The molecule has 0 saturated heterocycles. The summed E-state index contributed by atoms with van der Waals surface area (Å²) in [6, 6.07) is 110. The number of nitrogens with zero attached hydrogens (tertiary/aromatic N) is 4. The van der Waals surface area contributed by atoms with Gasteiger partial charge in [0.2, 0.25) is 0 Å². The number of hydrogen-bond donors (Lipinski definition) is 0. The van der Waals surface area contributed by atoms with Gasteiger partial charge in [0.05, 0.1) is 25.8 Å².